The minimum atomic E-state index is -0.227. The van der Waals surface area contributed by atoms with Crippen LogP contribution in [-0.2, 0) is 0 Å². The van der Waals surface area contributed by atoms with E-state index in [1.165, 1.54) is 33.7 Å². The first-order chi connectivity index (χ1) is 8.59. The monoisotopic (exact) mass is 506 g/mol. The lowest BCUT2D eigenvalue weighted by Gasteiger charge is -2.06. The fraction of sp³-hybridized carbons (Fsp3) is 0. The van der Waals surface area contributed by atoms with Crippen molar-refractivity contribution in [1.29, 1.82) is 0 Å². The van der Waals surface area contributed by atoms with Gasteiger partial charge in [0.15, 0.2) is 0 Å². The molecule has 0 aliphatic carbocycles. The molecular formula is C12H6F2I2S2. The van der Waals surface area contributed by atoms with Gasteiger partial charge in [0, 0.05) is 9.79 Å². The van der Waals surface area contributed by atoms with Crippen molar-refractivity contribution in [2.45, 2.75) is 9.79 Å². The summed E-state index contributed by atoms with van der Waals surface area (Å²) < 4.78 is 27.9. The molecule has 2 rings (SSSR count). The third kappa shape index (κ3) is 3.51. The molecule has 0 aliphatic rings. The first-order valence-corrected chi connectivity index (χ1v) is 9.13. The Morgan fingerprint density at radius 1 is 0.722 bits per heavy atom. The zero-order valence-electron chi connectivity index (χ0n) is 8.79. The number of halogens is 4. The van der Waals surface area contributed by atoms with Gasteiger partial charge in [-0.2, -0.15) is 0 Å². The number of benzene rings is 2. The zero-order chi connectivity index (χ0) is 13.1. The number of hydrogen-bond donors (Lipinski definition) is 0. The molecular weight excluding hydrogens is 500 g/mol. The van der Waals surface area contributed by atoms with Crippen molar-refractivity contribution in [3.63, 3.8) is 0 Å². The second-order valence-corrected chi connectivity index (χ2v) is 7.64. The quantitative estimate of drug-likeness (QED) is 0.372. The van der Waals surface area contributed by atoms with Crippen molar-refractivity contribution >= 4 is 66.8 Å². The van der Waals surface area contributed by atoms with Crippen molar-refractivity contribution < 1.29 is 8.78 Å². The Hall–Kier alpha value is 0.460. The molecule has 0 saturated heterocycles. The molecule has 18 heavy (non-hydrogen) atoms. The smallest absolute Gasteiger partial charge is 0.137 e. The summed E-state index contributed by atoms with van der Waals surface area (Å²) in [6, 6.07) is 9.93. The van der Waals surface area contributed by atoms with Crippen LogP contribution in [0.25, 0.3) is 0 Å². The molecule has 0 aliphatic heterocycles. The van der Waals surface area contributed by atoms with Crippen molar-refractivity contribution in [3.05, 3.63) is 55.2 Å². The molecule has 0 heterocycles. The summed E-state index contributed by atoms with van der Waals surface area (Å²) in [6.45, 7) is 0. The maximum Gasteiger partial charge on any atom is 0.137 e. The van der Waals surface area contributed by atoms with Crippen LogP contribution in [0.15, 0.2) is 46.2 Å². The highest BCUT2D eigenvalue weighted by molar-refractivity contribution is 14.1. The van der Waals surface area contributed by atoms with Crippen LogP contribution < -0.4 is 0 Å². The van der Waals surface area contributed by atoms with Crippen LogP contribution in [-0.4, -0.2) is 0 Å². The van der Waals surface area contributed by atoms with Crippen LogP contribution in [0.1, 0.15) is 0 Å². The van der Waals surface area contributed by atoms with Gasteiger partial charge in [-0.05, 0) is 69.4 Å². The summed E-state index contributed by atoms with van der Waals surface area (Å²) >= 11 is 3.96. The highest BCUT2D eigenvalue weighted by atomic mass is 127. The van der Waals surface area contributed by atoms with Gasteiger partial charge in [0.05, 0.1) is 7.14 Å². The van der Waals surface area contributed by atoms with Gasteiger partial charge in [-0.15, -0.1) is 0 Å². The average molecular weight is 506 g/mol. The van der Waals surface area contributed by atoms with Crippen LogP contribution in [0, 0.1) is 18.8 Å². The number of hydrogen-bond acceptors (Lipinski definition) is 2. The van der Waals surface area contributed by atoms with E-state index in [-0.39, 0.29) is 11.6 Å². The van der Waals surface area contributed by atoms with E-state index < -0.39 is 0 Å². The van der Waals surface area contributed by atoms with E-state index in [1.54, 1.807) is 12.1 Å². The standard InChI is InChI=1S/C12H6F2I2S2/c13-7-3-1-5-9(11(7)15)17-18-10-6-2-4-8(14)12(10)16/h1-6H. The summed E-state index contributed by atoms with van der Waals surface area (Å²) in [5, 5.41) is 0. The van der Waals surface area contributed by atoms with Crippen molar-refractivity contribution in [2.75, 3.05) is 0 Å². The third-order valence-electron chi connectivity index (χ3n) is 2.05. The normalized spacial score (nSPS) is 10.7. The molecule has 0 unspecified atom stereocenters. The highest BCUT2D eigenvalue weighted by Gasteiger charge is 2.09. The predicted octanol–water partition coefficient (Wildman–Crippen LogP) is 5.97. The van der Waals surface area contributed by atoms with E-state index in [9.17, 15) is 8.78 Å². The Morgan fingerprint density at radius 2 is 1.11 bits per heavy atom. The minimum Gasteiger partial charge on any atom is -0.206 e. The molecule has 0 spiro atoms. The van der Waals surface area contributed by atoms with E-state index >= 15 is 0 Å². The minimum absolute atomic E-state index is 0.227. The zero-order valence-corrected chi connectivity index (χ0v) is 14.7. The summed E-state index contributed by atoms with van der Waals surface area (Å²) in [5.41, 5.74) is 0. The maximum atomic E-state index is 13.4. The van der Waals surface area contributed by atoms with Crippen LogP contribution >= 0.6 is 66.8 Å². The Balaban J connectivity index is 2.17. The van der Waals surface area contributed by atoms with Gasteiger partial charge >= 0.3 is 0 Å². The van der Waals surface area contributed by atoms with Crippen molar-refractivity contribution in [3.8, 4) is 0 Å². The Morgan fingerprint density at radius 3 is 1.50 bits per heavy atom. The summed E-state index contributed by atoms with van der Waals surface area (Å²) in [6.07, 6.45) is 0. The molecule has 0 fully saturated rings. The fourth-order valence-corrected chi connectivity index (χ4v) is 5.62. The lowest BCUT2D eigenvalue weighted by Crippen LogP contribution is -1.85. The Kier molecular flexibility index (Phi) is 5.58. The van der Waals surface area contributed by atoms with Crippen LogP contribution in [0.5, 0.6) is 0 Å². The second kappa shape index (κ2) is 6.76. The molecule has 2 aromatic carbocycles. The summed E-state index contributed by atoms with van der Waals surface area (Å²) in [4.78, 5) is 1.70. The van der Waals surface area contributed by atoms with E-state index in [4.69, 9.17) is 0 Å². The van der Waals surface area contributed by atoms with E-state index in [0.717, 1.165) is 9.79 Å². The molecule has 0 nitrogen and oxygen atoms in total. The predicted molar refractivity (Wildman–Crippen MR) is 89.9 cm³/mol. The molecule has 6 heteroatoms. The summed E-state index contributed by atoms with van der Waals surface area (Å²) in [5.74, 6) is -0.453. The van der Waals surface area contributed by atoms with Crippen molar-refractivity contribution in [2.24, 2.45) is 0 Å². The van der Waals surface area contributed by atoms with Gasteiger partial charge in [-0.25, -0.2) is 8.78 Å². The van der Waals surface area contributed by atoms with E-state index in [0.29, 0.717) is 7.14 Å². The van der Waals surface area contributed by atoms with Crippen LogP contribution in [0.4, 0.5) is 8.78 Å². The van der Waals surface area contributed by atoms with E-state index in [2.05, 4.69) is 0 Å². The third-order valence-corrected chi connectivity index (χ3v) is 7.43. The molecule has 2 aromatic rings. The second-order valence-electron chi connectivity index (χ2n) is 3.27. The molecule has 0 radical (unpaired) electrons. The van der Waals surface area contributed by atoms with Gasteiger partial charge in [-0.1, -0.05) is 33.7 Å². The first kappa shape index (κ1) is 14.9. The maximum absolute atomic E-state index is 13.4. The highest BCUT2D eigenvalue weighted by Crippen LogP contribution is 2.41. The average Bonchev–Trinajstić information content (AvgIpc) is 2.36. The molecule has 0 N–H and O–H groups in total. The van der Waals surface area contributed by atoms with Gasteiger partial charge in [0.25, 0.3) is 0 Å². The Bertz CT molecular complexity index is 524. The fourth-order valence-electron chi connectivity index (χ4n) is 1.19. The molecule has 0 saturated carbocycles. The molecule has 0 atom stereocenters. The largest absolute Gasteiger partial charge is 0.206 e. The molecule has 0 amide bonds. The number of rotatable bonds is 3. The van der Waals surface area contributed by atoms with Gasteiger partial charge in [0.2, 0.25) is 0 Å². The molecule has 0 aromatic heterocycles. The van der Waals surface area contributed by atoms with Crippen LogP contribution in [0.3, 0.4) is 0 Å². The lowest BCUT2D eigenvalue weighted by atomic mass is 10.3. The summed E-state index contributed by atoms with van der Waals surface area (Å²) in [7, 11) is 2.87. The van der Waals surface area contributed by atoms with Crippen LogP contribution in [0.2, 0.25) is 0 Å². The topological polar surface area (TPSA) is 0 Å². The molecule has 94 valence electrons. The van der Waals surface area contributed by atoms with E-state index in [1.807, 2.05) is 57.3 Å². The lowest BCUT2D eigenvalue weighted by molar-refractivity contribution is 0.615. The SMILES string of the molecule is Fc1cccc(SSc2cccc(F)c2I)c1I. The Labute approximate surface area is 139 Å². The molecule has 0 bridgehead atoms. The van der Waals surface area contributed by atoms with Gasteiger partial charge in [0.1, 0.15) is 11.6 Å². The van der Waals surface area contributed by atoms with Gasteiger partial charge < -0.3 is 0 Å². The first-order valence-electron chi connectivity index (χ1n) is 4.82. The van der Waals surface area contributed by atoms with Crippen molar-refractivity contribution in [1.82, 2.24) is 0 Å². The van der Waals surface area contributed by atoms with Gasteiger partial charge in [-0.3, -0.25) is 0 Å².